The minimum atomic E-state index is 0.794. The Kier molecular flexibility index (Phi) is 1.88. The fourth-order valence-corrected chi connectivity index (χ4v) is 2.09. The Balaban J connectivity index is 2.11. The van der Waals surface area contributed by atoms with Crippen molar-refractivity contribution in [2.24, 2.45) is 5.92 Å². The van der Waals surface area contributed by atoms with Crippen LogP contribution in [-0.4, -0.2) is 10.9 Å². The molecule has 1 aromatic carbocycles. The minimum Gasteiger partial charge on any atom is -0.347 e. The van der Waals surface area contributed by atoms with Gasteiger partial charge in [0.1, 0.15) is 0 Å². The smallest absolute Gasteiger partial charge is 0.150 e. The molecular formula is C13H13NO. The van der Waals surface area contributed by atoms with Crippen LogP contribution in [0.25, 0.3) is 10.9 Å². The number of rotatable bonds is 3. The van der Waals surface area contributed by atoms with Crippen LogP contribution in [0.15, 0.2) is 30.5 Å². The van der Waals surface area contributed by atoms with Crippen molar-refractivity contribution in [3.63, 3.8) is 0 Å². The first kappa shape index (κ1) is 8.72. The van der Waals surface area contributed by atoms with Crippen LogP contribution in [0.3, 0.4) is 0 Å². The number of hydrogen-bond donors (Lipinski definition) is 0. The molecule has 1 saturated carbocycles. The maximum atomic E-state index is 10.9. The molecule has 15 heavy (non-hydrogen) atoms. The van der Waals surface area contributed by atoms with Crippen molar-refractivity contribution >= 4 is 17.2 Å². The van der Waals surface area contributed by atoms with E-state index in [1.54, 1.807) is 0 Å². The Hall–Kier alpha value is -1.57. The highest BCUT2D eigenvalue weighted by Crippen LogP contribution is 2.32. The van der Waals surface area contributed by atoms with Gasteiger partial charge in [-0.1, -0.05) is 12.1 Å². The molecule has 1 heterocycles. The first-order chi connectivity index (χ1) is 7.38. The molecule has 2 aromatic rings. The first-order valence-electron chi connectivity index (χ1n) is 5.41. The predicted molar refractivity (Wildman–Crippen MR) is 60.0 cm³/mol. The summed E-state index contributed by atoms with van der Waals surface area (Å²) in [5, 5.41) is 1.08. The highest BCUT2D eigenvalue weighted by molar-refractivity contribution is 5.97. The Bertz CT molecular complexity index is 508. The van der Waals surface area contributed by atoms with E-state index in [9.17, 15) is 4.79 Å². The summed E-state index contributed by atoms with van der Waals surface area (Å²) in [6.07, 6.45) is 5.74. The van der Waals surface area contributed by atoms with Gasteiger partial charge in [-0.15, -0.1) is 0 Å². The van der Waals surface area contributed by atoms with Crippen molar-refractivity contribution in [3.8, 4) is 0 Å². The van der Waals surface area contributed by atoms with Gasteiger partial charge in [-0.25, -0.2) is 0 Å². The number of hydrogen-bond acceptors (Lipinski definition) is 1. The van der Waals surface area contributed by atoms with Crippen molar-refractivity contribution < 1.29 is 4.79 Å². The lowest BCUT2D eigenvalue weighted by atomic mass is 10.1. The van der Waals surface area contributed by atoms with E-state index in [0.717, 1.165) is 29.7 Å². The number of fused-ring (bicyclic) bond motifs is 1. The first-order valence-corrected chi connectivity index (χ1v) is 5.41. The molecule has 2 nitrogen and oxygen atoms in total. The van der Waals surface area contributed by atoms with E-state index < -0.39 is 0 Å². The zero-order chi connectivity index (χ0) is 10.3. The fraction of sp³-hybridized carbons (Fsp3) is 0.308. The number of carbonyl (C=O) groups is 1. The molecule has 0 atom stereocenters. The molecule has 0 unspecified atom stereocenters. The maximum absolute atomic E-state index is 10.9. The van der Waals surface area contributed by atoms with Crippen molar-refractivity contribution in [1.29, 1.82) is 0 Å². The molecular weight excluding hydrogens is 186 g/mol. The van der Waals surface area contributed by atoms with E-state index in [4.69, 9.17) is 0 Å². The topological polar surface area (TPSA) is 22.0 Å². The molecule has 0 spiro atoms. The normalized spacial score (nSPS) is 15.7. The number of nitrogens with zero attached hydrogens (tertiary/aromatic N) is 1. The van der Waals surface area contributed by atoms with Crippen LogP contribution in [0.2, 0.25) is 0 Å². The van der Waals surface area contributed by atoms with Crippen LogP contribution in [0.1, 0.15) is 23.2 Å². The van der Waals surface area contributed by atoms with Crippen molar-refractivity contribution in [2.75, 3.05) is 0 Å². The van der Waals surface area contributed by atoms with Crippen molar-refractivity contribution in [1.82, 2.24) is 4.57 Å². The molecule has 1 aliphatic carbocycles. The molecule has 1 aliphatic rings. The van der Waals surface area contributed by atoms with Crippen molar-refractivity contribution in [2.45, 2.75) is 19.4 Å². The second-order valence-corrected chi connectivity index (χ2v) is 4.31. The minimum absolute atomic E-state index is 0.794. The number of aromatic nitrogens is 1. The Morgan fingerprint density at radius 1 is 1.33 bits per heavy atom. The summed E-state index contributed by atoms with van der Waals surface area (Å²) in [5.41, 5.74) is 1.98. The lowest BCUT2D eigenvalue weighted by Gasteiger charge is -2.03. The zero-order valence-corrected chi connectivity index (χ0v) is 8.52. The third-order valence-corrected chi connectivity index (χ3v) is 3.13. The van der Waals surface area contributed by atoms with E-state index in [1.165, 1.54) is 18.4 Å². The summed E-state index contributed by atoms with van der Waals surface area (Å²) in [4.78, 5) is 10.9. The fourth-order valence-electron chi connectivity index (χ4n) is 2.09. The summed E-state index contributed by atoms with van der Waals surface area (Å²) in [5.74, 6) is 0.862. The van der Waals surface area contributed by atoms with E-state index in [0.29, 0.717) is 0 Å². The molecule has 2 heteroatoms. The van der Waals surface area contributed by atoms with Gasteiger partial charge < -0.3 is 4.57 Å². The standard InChI is InChI=1S/C13H13NO/c15-9-11-2-1-3-13-12(11)6-7-14(13)8-10-4-5-10/h1-3,6-7,9-10H,4-5,8H2. The largest absolute Gasteiger partial charge is 0.347 e. The summed E-state index contributed by atoms with van der Waals surface area (Å²) >= 11 is 0. The molecule has 0 aliphatic heterocycles. The van der Waals surface area contributed by atoms with Gasteiger partial charge in [0, 0.05) is 29.2 Å². The molecule has 0 N–H and O–H groups in total. The van der Waals surface area contributed by atoms with Gasteiger partial charge in [0.25, 0.3) is 0 Å². The summed E-state index contributed by atoms with van der Waals surface area (Å²) in [6, 6.07) is 7.96. The van der Waals surface area contributed by atoms with Gasteiger partial charge in [0.2, 0.25) is 0 Å². The summed E-state index contributed by atoms with van der Waals surface area (Å²) in [6.45, 7) is 1.10. The molecule has 76 valence electrons. The average Bonchev–Trinajstić information content (AvgIpc) is 2.99. The van der Waals surface area contributed by atoms with E-state index >= 15 is 0 Å². The molecule has 3 rings (SSSR count). The predicted octanol–water partition coefficient (Wildman–Crippen LogP) is 2.86. The average molecular weight is 199 g/mol. The van der Waals surface area contributed by atoms with E-state index in [-0.39, 0.29) is 0 Å². The number of aldehydes is 1. The highest BCUT2D eigenvalue weighted by atomic mass is 16.1. The van der Waals surface area contributed by atoms with Crippen LogP contribution in [0.4, 0.5) is 0 Å². The SMILES string of the molecule is O=Cc1cccc2c1ccn2CC1CC1. The van der Waals surface area contributed by atoms with Crippen LogP contribution >= 0.6 is 0 Å². The van der Waals surface area contributed by atoms with E-state index in [1.807, 2.05) is 18.2 Å². The second-order valence-electron chi connectivity index (χ2n) is 4.31. The summed E-state index contributed by atoms with van der Waals surface area (Å²) in [7, 11) is 0. The third kappa shape index (κ3) is 1.46. The number of benzene rings is 1. The van der Waals surface area contributed by atoms with Gasteiger partial charge in [-0.05, 0) is 30.9 Å². The molecule has 1 fully saturated rings. The summed E-state index contributed by atoms with van der Waals surface area (Å²) < 4.78 is 2.26. The molecule has 0 saturated heterocycles. The Labute approximate surface area is 88.5 Å². The monoisotopic (exact) mass is 199 g/mol. The van der Waals surface area contributed by atoms with Crippen LogP contribution < -0.4 is 0 Å². The van der Waals surface area contributed by atoms with Gasteiger partial charge in [0.15, 0.2) is 6.29 Å². The second kappa shape index (κ2) is 3.23. The molecule has 0 amide bonds. The van der Waals surface area contributed by atoms with Crippen LogP contribution in [-0.2, 0) is 6.54 Å². The van der Waals surface area contributed by atoms with Gasteiger partial charge >= 0.3 is 0 Å². The number of carbonyl (C=O) groups excluding carboxylic acids is 1. The van der Waals surface area contributed by atoms with Gasteiger partial charge in [-0.2, -0.15) is 0 Å². The van der Waals surface area contributed by atoms with Gasteiger partial charge in [-0.3, -0.25) is 4.79 Å². The Morgan fingerprint density at radius 2 is 2.20 bits per heavy atom. The molecule has 0 bridgehead atoms. The zero-order valence-electron chi connectivity index (χ0n) is 8.52. The lowest BCUT2D eigenvalue weighted by Crippen LogP contribution is -1.97. The van der Waals surface area contributed by atoms with Crippen molar-refractivity contribution in [3.05, 3.63) is 36.0 Å². The quantitative estimate of drug-likeness (QED) is 0.697. The third-order valence-electron chi connectivity index (χ3n) is 3.13. The molecule has 1 aromatic heterocycles. The van der Waals surface area contributed by atoms with Crippen LogP contribution in [0.5, 0.6) is 0 Å². The lowest BCUT2D eigenvalue weighted by molar-refractivity contribution is 0.112. The van der Waals surface area contributed by atoms with Gasteiger partial charge in [0.05, 0.1) is 0 Å². The molecule has 0 radical (unpaired) electrons. The maximum Gasteiger partial charge on any atom is 0.150 e. The Morgan fingerprint density at radius 3 is 2.93 bits per heavy atom. The highest BCUT2D eigenvalue weighted by Gasteiger charge is 2.22. The van der Waals surface area contributed by atoms with E-state index in [2.05, 4.69) is 16.8 Å². The van der Waals surface area contributed by atoms with Crippen LogP contribution in [0, 0.1) is 5.92 Å².